The standard InChI is InChI=1S/C19H20N4O/c1-13-15(9-10-16(21-13)14-7-3-2-4-8-14)17-22-18(23-24-17)19(20)11-5-6-12-19/h2-4,7-10H,5-6,11-12,20H2,1H3. The summed E-state index contributed by atoms with van der Waals surface area (Å²) in [5, 5.41) is 4.13. The number of hydrogen-bond acceptors (Lipinski definition) is 5. The summed E-state index contributed by atoms with van der Waals surface area (Å²) in [7, 11) is 0. The number of hydrogen-bond donors (Lipinski definition) is 1. The quantitative estimate of drug-likeness (QED) is 0.793. The fourth-order valence-corrected chi connectivity index (χ4v) is 3.32. The van der Waals surface area contributed by atoms with E-state index in [1.165, 1.54) is 0 Å². The second-order valence-corrected chi connectivity index (χ2v) is 6.48. The van der Waals surface area contributed by atoms with Crippen molar-refractivity contribution in [3.05, 3.63) is 54.0 Å². The van der Waals surface area contributed by atoms with Crippen LogP contribution < -0.4 is 5.73 Å². The molecule has 0 bridgehead atoms. The molecule has 0 aliphatic heterocycles. The van der Waals surface area contributed by atoms with Crippen LogP contribution in [0.2, 0.25) is 0 Å². The Hall–Kier alpha value is -2.53. The topological polar surface area (TPSA) is 77.8 Å². The zero-order valence-electron chi connectivity index (χ0n) is 13.7. The fraction of sp³-hybridized carbons (Fsp3) is 0.316. The van der Waals surface area contributed by atoms with E-state index < -0.39 is 5.54 Å². The lowest BCUT2D eigenvalue weighted by Crippen LogP contribution is -2.34. The van der Waals surface area contributed by atoms with Crippen LogP contribution in [0.5, 0.6) is 0 Å². The van der Waals surface area contributed by atoms with Crippen molar-refractivity contribution in [1.29, 1.82) is 0 Å². The maximum absolute atomic E-state index is 6.41. The number of nitrogens with two attached hydrogens (primary N) is 1. The van der Waals surface area contributed by atoms with Crippen molar-refractivity contribution in [2.24, 2.45) is 5.73 Å². The van der Waals surface area contributed by atoms with Gasteiger partial charge in [-0.25, -0.2) is 0 Å². The molecule has 2 aromatic heterocycles. The summed E-state index contributed by atoms with van der Waals surface area (Å²) in [6.45, 7) is 1.96. The minimum absolute atomic E-state index is 0.437. The van der Waals surface area contributed by atoms with Gasteiger partial charge >= 0.3 is 0 Å². The largest absolute Gasteiger partial charge is 0.334 e. The molecule has 4 rings (SSSR count). The van der Waals surface area contributed by atoms with E-state index in [-0.39, 0.29) is 0 Å². The molecule has 0 spiro atoms. The Morgan fingerprint density at radius 2 is 1.75 bits per heavy atom. The van der Waals surface area contributed by atoms with Gasteiger partial charge in [0, 0.05) is 5.56 Å². The summed E-state index contributed by atoms with van der Waals surface area (Å²) in [5.74, 6) is 1.10. The van der Waals surface area contributed by atoms with Gasteiger partial charge in [-0.3, -0.25) is 4.98 Å². The van der Waals surface area contributed by atoms with Crippen LogP contribution in [0.3, 0.4) is 0 Å². The molecule has 2 N–H and O–H groups in total. The van der Waals surface area contributed by atoms with Crippen LogP contribution in [0.15, 0.2) is 47.0 Å². The van der Waals surface area contributed by atoms with Crippen molar-refractivity contribution in [1.82, 2.24) is 15.1 Å². The molecular formula is C19H20N4O. The van der Waals surface area contributed by atoms with Gasteiger partial charge in [-0.1, -0.05) is 48.3 Å². The molecule has 1 aliphatic rings. The van der Waals surface area contributed by atoms with Gasteiger partial charge < -0.3 is 10.3 Å². The fourth-order valence-electron chi connectivity index (χ4n) is 3.32. The van der Waals surface area contributed by atoms with Crippen molar-refractivity contribution in [2.45, 2.75) is 38.1 Å². The number of aryl methyl sites for hydroxylation is 1. The predicted molar refractivity (Wildman–Crippen MR) is 92.0 cm³/mol. The lowest BCUT2D eigenvalue weighted by Gasteiger charge is -2.17. The third kappa shape index (κ3) is 2.61. The van der Waals surface area contributed by atoms with E-state index in [0.717, 1.165) is 48.2 Å². The first-order chi connectivity index (χ1) is 11.7. The Balaban J connectivity index is 1.67. The third-order valence-electron chi connectivity index (χ3n) is 4.75. The second-order valence-electron chi connectivity index (χ2n) is 6.48. The normalized spacial score (nSPS) is 16.4. The van der Waals surface area contributed by atoms with Gasteiger partial charge in [0.15, 0.2) is 5.82 Å². The molecule has 1 aliphatic carbocycles. The van der Waals surface area contributed by atoms with Crippen LogP contribution in [-0.4, -0.2) is 15.1 Å². The van der Waals surface area contributed by atoms with Crippen molar-refractivity contribution < 1.29 is 4.52 Å². The van der Waals surface area contributed by atoms with Gasteiger partial charge in [0.05, 0.1) is 22.5 Å². The SMILES string of the molecule is Cc1nc(-c2ccccc2)ccc1-c1nc(C2(N)CCCC2)no1. The Morgan fingerprint density at radius 1 is 1.00 bits per heavy atom. The zero-order chi connectivity index (χ0) is 16.6. The van der Waals surface area contributed by atoms with E-state index >= 15 is 0 Å². The molecule has 5 heteroatoms. The van der Waals surface area contributed by atoms with Crippen molar-refractivity contribution in [3.8, 4) is 22.7 Å². The lowest BCUT2D eigenvalue weighted by molar-refractivity contribution is 0.372. The highest BCUT2D eigenvalue weighted by atomic mass is 16.5. The van der Waals surface area contributed by atoms with Crippen LogP contribution in [0.25, 0.3) is 22.7 Å². The average Bonchev–Trinajstić information content (AvgIpc) is 3.26. The second kappa shape index (κ2) is 5.83. The van der Waals surface area contributed by atoms with Crippen molar-refractivity contribution >= 4 is 0 Å². The van der Waals surface area contributed by atoms with E-state index in [9.17, 15) is 0 Å². The first kappa shape index (κ1) is 15.0. The zero-order valence-corrected chi connectivity index (χ0v) is 13.7. The van der Waals surface area contributed by atoms with Crippen LogP contribution in [0, 0.1) is 6.92 Å². The highest BCUT2D eigenvalue weighted by molar-refractivity contribution is 5.64. The minimum atomic E-state index is -0.437. The van der Waals surface area contributed by atoms with Crippen LogP contribution >= 0.6 is 0 Å². The van der Waals surface area contributed by atoms with Gasteiger partial charge in [-0.2, -0.15) is 4.98 Å². The molecule has 2 heterocycles. The molecule has 0 unspecified atom stereocenters. The summed E-state index contributed by atoms with van der Waals surface area (Å²) in [4.78, 5) is 9.24. The highest BCUT2D eigenvalue weighted by Crippen LogP contribution is 2.35. The van der Waals surface area contributed by atoms with Gasteiger partial charge in [0.2, 0.25) is 0 Å². The van der Waals surface area contributed by atoms with Crippen LogP contribution in [-0.2, 0) is 5.54 Å². The molecule has 1 fully saturated rings. The van der Waals surface area contributed by atoms with E-state index in [1.54, 1.807) is 0 Å². The smallest absolute Gasteiger partial charge is 0.259 e. The van der Waals surface area contributed by atoms with Crippen molar-refractivity contribution in [3.63, 3.8) is 0 Å². The molecule has 122 valence electrons. The highest BCUT2D eigenvalue weighted by Gasteiger charge is 2.36. The molecule has 1 saturated carbocycles. The molecule has 0 saturated heterocycles. The van der Waals surface area contributed by atoms with Gasteiger partial charge in [-0.05, 0) is 31.9 Å². The number of aromatic nitrogens is 3. The Morgan fingerprint density at radius 3 is 2.46 bits per heavy atom. The molecule has 0 amide bonds. The summed E-state index contributed by atoms with van der Waals surface area (Å²) >= 11 is 0. The number of pyridine rings is 1. The maximum atomic E-state index is 6.41. The van der Waals surface area contributed by atoms with Gasteiger partial charge in [-0.15, -0.1) is 0 Å². The molecule has 5 nitrogen and oxygen atoms in total. The third-order valence-corrected chi connectivity index (χ3v) is 4.75. The molecule has 24 heavy (non-hydrogen) atoms. The summed E-state index contributed by atoms with van der Waals surface area (Å²) in [5.41, 5.74) is 9.71. The Bertz CT molecular complexity index is 851. The Labute approximate surface area is 140 Å². The number of nitrogens with zero attached hydrogens (tertiary/aromatic N) is 3. The summed E-state index contributed by atoms with van der Waals surface area (Å²) in [6, 6.07) is 14.1. The van der Waals surface area contributed by atoms with Gasteiger partial charge in [0.25, 0.3) is 5.89 Å². The Kier molecular flexibility index (Phi) is 3.65. The first-order valence-electron chi connectivity index (χ1n) is 8.32. The van der Waals surface area contributed by atoms with E-state index in [2.05, 4.69) is 15.1 Å². The molecule has 0 radical (unpaired) electrons. The monoisotopic (exact) mass is 320 g/mol. The molecule has 3 aromatic rings. The number of benzene rings is 1. The predicted octanol–water partition coefficient (Wildman–Crippen LogP) is 3.84. The maximum Gasteiger partial charge on any atom is 0.259 e. The first-order valence-corrected chi connectivity index (χ1v) is 8.32. The average molecular weight is 320 g/mol. The van der Waals surface area contributed by atoms with E-state index in [0.29, 0.717) is 11.7 Å². The molecule has 1 aromatic carbocycles. The lowest BCUT2D eigenvalue weighted by atomic mass is 9.98. The summed E-state index contributed by atoms with van der Waals surface area (Å²) in [6.07, 6.45) is 4.06. The summed E-state index contributed by atoms with van der Waals surface area (Å²) < 4.78 is 5.47. The molecule has 0 atom stereocenters. The molecular weight excluding hydrogens is 300 g/mol. The van der Waals surface area contributed by atoms with Crippen LogP contribution in [0.4, 0.5) is 0 Å². The van der Waals surface area contributed by atoms with E-state index in [4.69, 9.17) is 10.3 Å². The number of rotatable bonds is 3. The van der Waals surface area contributed by atoms with E-state index in [1.807, 2.05) is 49.4 Å². The minimum Gasteiger partial charge on any atom is -0.334 e. The van der Waals surface area contributed by atoms with Crippen molar-refractivity contribution in [2.75, 3.05) is 0 Å². The van der Waals surface area contributed by atoms with Gasteiger partial charge in [0.1, 0.15) is 0 Å². The van der Waals surface area contributed by atoms with Crippen LogP contribution in [0.1, 0.15) is 37.2 Å².